The van der Waals surface area contributed by atoms with Gasteiger partial charge in [0.05, 0.1) is 12.4 Å². The van der Waals surface area contributed by atoms with Crippen LogP contribution in [0.4, 0.5) is 0 Å². The summed E-state index contributed by atoms with van der Waals surface area (Å²) < 4.78 is 0. The third-order valence-electron chi connectivity index (χ3n) is 3.16. The Bertz CT molecular complexity index is 534. The maximum Gasteiger partial charge on any atom is 0.237 e. The minimum Gasteiger partial charge on any atom is -0.354 e. The van der Waals surface area contributed by atoms with Crippen molar-refractivity contribution >= 4 is 5.91 Å². The van der Waals surface area contributed by atoms with Gasteiger partial charge in [-0.2, -0.15) is 0 Å². The molecule has 1 heterocycles. The monoisotopic (exact) mass is 272 g/mol. The quantitative estimate of drug-likeness (QED) is 0.732. The first-order valence-electron chi connectivity index (χ1n) is 6.71. The highest BCUT2D eigenvalue weighted by atomic mass is 16.2. The average Bonchev–Trinajstić information content (AvgIpc) is 2.93. The fraction of sp³-hybridized carbons (Fsp3) is 0.333. The molecule has 0 aliphatic heterocycles. The molecule has 1 atom stereocenters. The van der Waals surface area contributed by atoms with E-state index in [1.54, 1.807) is 12.5 Å². The van der Waals surface area contributed by atoms with E-state index in [0.717, 1.165) is 12.1 Å². The van der Waals surface area contributed by atoms with Crippen molar-refractivity contribution in [3.05, 3.63) is 53.6 Å². The van der Waals surface area contributed by atoms with E-state index in [2.05, 4.69) is 46.5 Å². The van der Waals surface area contributed by atoms with Crippen LogP contribution < -0.4 is 11.1 Å². The van der Waals surface area contributed by atoms with Crippen molar-refractivity contribution in [1.29, 1.82) is 0 Å². The number of hydrogen-bond donors (Lipinski definition) is 3. The van der Waals surface area contributed by atoms with Gasteiger partial charge in [-0.25, -0.2) is 4.98 Å². The molecule has 4 N–H and O–H groups in total. The highest BCUT2D eigenvalue weighted by Crippen LogP contribution is 2.03. The minimum absolute atomic E-state index is 0.133. The molecule has 0 saturated carbocycles. The van der Waals surface area contributed by atoms with Crippen molar-refractivity contribution in [1.82, 2.24) is 15.3 Å². The summed E-state index contributed by atoms with van der Waals surface area (Å²) >= 11 is 0. The zero-order valence-electron chi connectivity index (χ0n) is 11.6. The lowest BCUT2D eigenvalue weighted by Gasteiger charge is -2.11. The molecule has 0 saturated heterocycles. The van der Waals surface area contributed by atoms with Crippen molar-refractivity contribution < 1.29 is 4.79 Å². The van der Waals surface area contributed by atoms with Crippen LogP contribution in [0, 0.1) is 6.92 Å². The van der Waals surface area contributed by atoms with Crippen LogP contribution in [0.15, 0.2) is 36.8 Å². The second-order valence-corrected chi connectivity index (χ2v) is 4.91. The summed E-state index contributed by atoms with van der Waals surface area (Å²) in [5, 5.41) is 2.86. The smallest absolute Gasteiger partial charge is 0.237 e. The number of H-pyrrole nitrogens is 1. The van der Waals surface area contributed by atoms with Gasteiger partial charge < -0.3 is 16.0 Å². The fourth-order valence-corrected chi connectivity index (χ4v) is 1.94. The van der Waals surface area contributed by atoms with E-state index in [-0.39, 0.29) is 5.91 Å². The summed E-state index contributed by atoms with van der Waals surface area (Å²) in [5.74, 6) is -0.133. The van der Waals surface area contributed by atoms with E-state index < -0.39 is 6.04 Å². The Balaban J connectivity index is 1.73. The summed E-state index contributed by atoms with van der Waals surface area (Å²) in [7, 11) is 0. The molecule has 5 nitrogen and oxygen atoms in total. The summed E-state index contributed by atoms with van der Waals surface area (Å²) in [5.41, 5.74) is 9.16. The Morgan fingerprint density at radius 3 is 2.80 bits per heavy atom. The van der Waals surface area contributed by atoms with Gasteiger partial charge >= 0.3 is 0 Å². The van der Waals surface area contributed by atoms with Crippen LogP contribution in [0.1, 0.15) is 16.8 Å². The Kier molecular flexibility index (Phi) is 4.90. The number of nitrogens with zero attached hydrogens (tertiary/aromatic N) is 1. The van der Waals surface area contributed by atoms with Crippen molar-refractivity contribution in [2.24, 2.45) is 5.73 Å². The lowest BCUT2D eigenvalue weighted by molar-refractivity contribution is -0.122. The number of carbonyl (C=O) groups is 1. The number of aryl methyl sites for hydroxylation is 1. The topological polar surface area (TPSA) is 83.8 Å². The van der Waals surface area contributed by atoms with E-state index in [4.69, 9.17) is 5.73 Å². The van der Waals surface area contributed by atoms with Crippen molar-refractivity contribution in [2.45, 2.75) is 25.8 Å². The summed E-state index contributed by atoms with van der Waals surface area (Å²) in [6, 6.07) is 7.74. The molecule has 0 bridgehead atoms. The second kappa shape index (κ2) is 6.86. The van der Waals surface area contributed by atoms with Gasteiger partial charge in [-0.1, -0.05) is 29.8 Å². The Labute approximate surface area is 118 Å². The maximum atomic E-state index is 11.8. The molecule has 106 valence electrons. The number of carbonyl (C=O) groups excluding carboxylic acids is 1. The summed E-state index contributed by atoms with van der Waals surface area (Å²) in [4.78, 5) is 18.7. The number of imidazole rings is 1. The van der Waals surface area contributed by atoms with Gasteiger partial charge in [0.25, 0.3) is 0 Å². The Morgan fingerprint density at radius 2 is 2.15 bits per heavy atom. The summed E-state index contributed by atoms with van der Waals surface area (Å²) in [6.07, 6.45) is 4.54. The molecule has 2 aromatic rings. The molecular formula is C15H20N4O. The Morgan fingerprint density at radius 1 is 1.40 bits per heavy atom. The predicted octanol–water partition coefficient (Wildman–Crippen LogP) is 0.947. The van der Waals surface area contributed by atoms with Crippen molar-refractivity contribution in [3.63, 3.8) is 0 Å². The van der Waals surface area contributed by atoms with E-state index in [1.807, 2.05) is 0 Å². The van der Waals surface area contributed by atoms with Gasteiger partial charge in [-0.15, -0.1) is 0 Å². The lowest BCUT2D eigenvalue weighted by atomic mass is 10.1. The highest BCUT2D eigenvalue weighted by molar-refractivity contribution is 5.81. The van der Waals surface area contributed by atoms with Crippen LogP contribution in [0.2, 0.25) is 0 Å². The molecule has 20 heavy (non-hydrogen) atoms. The number of hydrogen-bond acceptors (Lipinski definition) is 3. The van der Waals surface area contributed by atoms with E-state index in [0.29, 0.717) is 13.0 Å². The highest BCUT2D eigenvalue weighted by Gasteiger charge is 2.13. The number of nitrogens with two attached hydrogens (primary N) is 1. The summed E-state index contributed by atoms with van der Waals surface area (Å²) in [6.45, 7) is 2.65. The number of amides is 1. The number of nitrogens with one attached hydrogen (secondary N) is 2. The molecular weight excluding hydrogens is 252 g/mol. The van der Waals surface area contributed by atoms with Crippen molar-refractivity contribution in [2.75, 3.05) is 6.54 Å². The average molecular weight is 272 g/mol. The fourth-order valence-electron chi connectivity index (χ4n) is 1.94. The molecule has 0 radical (unpaired) electrons. The molecule has 0 fully saturated rings. The Hall–Kier alpha value is -2.14. The SMILES string of the molecule is Cc1ccc(CCNC(=O)[C@H](N)Cc2cnc[nH]2)cc1. The first kappa shape index (κ1) is 14.3. The lowest BCUT2D eigenvalue weighted by Crippen LogP contribution is -2.42. The number of aromatic amines is 1. The van der Waals surface area contributed by atoms with E-state index in [1.165, 1.54) is 11.1 Å². The van der Waals surface area contributed by atoms with E-state index >= 15 is 0 Å². The van der Waals surface area contributed by atoms with Crippen LogP contribution in [0.3, 0.4) is 0 Å². The molecule has 5 heteroatoms. The van der Waals surface area contributed by atoms with Gasteiger partial charge in [0.15, 0.2) is 0 Å². The maximum absolute atomic E-state index is 11.8. The van der Waals surface area contributed by atoms with Gasteiger partial charge in [0.2, 0.25) is 5.91 Å². The molecule has 0 aliphatic carbocycles. The van der Waals surface area contributed by atoms with Gasteiger partial charge in [0, 0.05) is 24.9 Å². The number of benzene rings is 1. The molecule has 1 aromatic heterocycles. The minimum atomic E-state index is -0.548. The van der Waals surface area contributed by atoms with Gasteiger partial charge in [-0.3, -0.25) is 4.79 Å². The number of rotatable bonds is 6. The standard InChI is InChI=1S/C15H20N4O/c1-11-2-4-12(5-3-11)6-7-18-15(20)14(16)8-13-9-17-10-19-13/h2-5,9-10,14H,6-8,16H2,1H3,(H,17,19)(H,18,20)/t14-/m1/s1. The molecule has 0 spiro atoms. The molecule has 1 aromatic carbocycles. The van der Waals surface area contributed by atoms with Crippen molar-refractivity contribution in [3.8, 4) is 0 Å². The van der Waals surface area contributed by atoms with Gasteiger partial charge in [0.1, 0.15) is 0 Å². The molecule has 2 rings (SSSR count). The largest absolute Gasteiger partial charge is 0.354 e. The first-order valence-corrected chi connectivity index (χ1v) is 6.71. The molecule has 0 aliphatic rings. The van der Waals surface area contributed by atoms with E-state index in [9.17, 15) is 4.79 Å². The normalized spacial score (nSPS) is 12.1. The predicted molar refractivity (Wildman–Crippen MR) is 78.2 cm³/mol. The van der Waals surface area contributed by atoms with Crippen LogP contribution in [-0.4, -0.2) is 28.5 Å². The number of aromatic nitrogens is 2. The van der Waals surface area contributed by atoms with Crippen LogP contribution in [0.25, 0.3) is 0 Å². The zero-order chi connectivity index (χ0) is 14.4. The first-order chi connectivity index (χ1) is 9.65. The van der Waals surface area contributed by atoms with Crippen LogP contribution in [-0.2, 0) is 17.6 Å². The third kappa shape index (κ3) is 4.20. The molecule has 0 unspecified atom stereocenters. The second-order valence-electron chi connectivity index (χ2n) is 4.91. The van der Waals surface area contributed by atoms with Crippen LogP contribution >= 0.6 is 0 Å². The van der Waals surface area contributed by atoms with Gasteiger partial charge in [-0.05, 0) is 18.9 Å². The molecule has 1 amide bonds. The van der Waals surface area contributed by atoms with Crippen LogP contribution in [0.5, 0.6) is 0 Å². The zero-order valence-corrected chi connectivity index (χ0v) is 11.6. The third-order valence-corrected chi connectivity index (χ3v) is 3.16.